The second-order valence-corrected chi connectivity index (χ2v) is 10.2. The Bertz CT molecular complexity index is 1270. The van der Waals surface area contributed by atoms with Gasteiger partial charge in [-0.25, -0.2) is 14.0 Å². The number of ether oxygens (including phenoxy) is 1. The first-order valence-corrected chi connectivity index (χ1v) is 13.4. The van der Waals surface area contributed by atoms with E-state index >= 15 is 0 Å². The van der Waals surface area contributed by atoms with Crippen LogP contribution in [0.4, 0.5) is 14.9 Å². The van der Waals surface area contributed by atoms with E-state index in [1.807, 2.05) is 12.1 Å². The number of rotatable bonds is 6. The Balaban J connectivity index is 1.22. The van der Waals surface area contributed by atoms with Crippen molar-refractivity contribution in [3.8, 4) is 11.1 Å². The highest BCUT2D eigenvalue weighted by Gasteiger charge is 2.47. The number of hydrogen-bond donors (Lipinski definition) is 1. The molecule has 2 fully saturated rings. The number of alkyl halides is 1. The Morgan fingerprint density at radius 1 is 1.03 bits per heavy atom. The second kappa shape index (κ2) is 10.2. The molecule has 2 aliphatic rings. The zero-order valence-corrected chi connectivity index (χ0v) is 21.8. The third-order valence-corrected chi connectivity index (χ3v) is 7.86. The number of halogens is 2. The van der Waals surface area contributed by atoms with E-state index in [-0.39, 0.29) is 17.5 Å². The van der Waals surface area contributed by atoms with E-state index in [1.54, 1.807) is 17.0 Å². The lowest BCUT2D eigenvalue weighted by molar-refractivity contribution is -0.000982. The molecular formula is C28H26FIN2O4. The van der Waals surface area contributed by atoms with Gasteiger partial charge in [0.1, 0.15) is 11.4 Å². The fraction of sp³-hybridized carbons (Fsp3) is 0.286. The molecule has 2 aliphatic heterocycles. The third-order valence-electron chi connectivity index (χ3n) is 7.04. The van der Waals surface area contributed by atoms with Crippen molar-refractivity contribution in [3.05, 3.63) is 89.2 Å². The molecule has 0 bridgehead atoms. The van der Waals surface area contributed by atoms with Crippen LogP contribution in [0.1, 0.15) is 34.3 Å². The van der Waals surface area contributed by atoms with Crippen molar-refractivity contribution >= 4 is 40.3 Å². The number of anilines is 1. The van der Waals surface area contributed by atoms with Crippen LogP contribution in [-0.2, 0) is 15.7 Å². The fourth-order valence-corrected chi connectivity index (χ4v) is 5.64. The van der Waals surface area contributed by atoms with Gasteiger partial charge in [-0.15, -0.1) is 0 Å². The first-order valence-electron chi connectivity index (χ1n) is 11.9. The fourth-order valence-electron chi connectivity index (χ4n) is 5.01. The standard InChI is InChI=1S/C28H26FIN2O4/c29-23-6-2-20(3-7-23)25-10-1-19(15-22(25)16-30)17-31-13-11-28(12-14-31)18-32(27(35)36-28)24-8-4-21(5-9-24)26(33)34/h1-10,15H,11-14,16-18H2,(H,33,34). The number of carboxylic acids is 1. The van der Waals surface area contributed by atoms with Gasteiger partial charge in [-0.05, 0) is 58.7 Å². The van der Waals surface area contributed by atoms with E-state index in [2.05, 4.69) is 45.7 Å². The van der Waals surface area contributed by atoms with Crippen LogP contribution in [0.5, 0.6) is 0 Å². The number of likely N-dealkylation sites (tertiary alicyclic amines) is 1. The van der Waals surface area contributed by atoms with Crippen LogP contribution in [0.3, 0.4) is 0 Å². The summed E-state index contributed by atoms with van der Waals surface area (Å²) >= 11 is 2.36. The van der Waals surface area contributed by atoms with Gasteiger partial charge in [0.15, 0.2) is 0 Å². The zero-order valence-electron chi connectivity index (χ0n) is 19.6. The molecule has 0 saturated carbocycles. The minimum Gasteiger partial charge on any atom is -0.478 e. The molecule has 2 heterocycles. The van der Waals surface area contributed by atoms with Crippen LogP contribution in [-0.4, -0.2) is 47.3 Å². The molecule has 2 saturated heterocycles. The summed E-state index contributed by atoms with van der Waals surface area (Å²) in [5, 5.41) is 9.10. The molecule has 1 spiro atoms. The van der Waals surface area contributed by atoms with E-state index in [0.717, 1.165) is 48.0 Å². The molecule has 0 atom stereocenters. The molecule has 5 rings (SSSR count). The third kappa shape index (κ3) is 5.10. The Morgan fingerprint density at radius 2 is 1.72 bits per heavy atom. The van der Waals surface area contributed by atoms with Crippen molar-refractivity contribution < 1.29 is 23.8 Å². The highest BCUT2D eigenvalue weighted by atomic mass is 127. The lowest BCUT2D eigenvalue weighted by Gasteiger charge is -2.37. The van der Waals surface area contributed by atoms with E-state index in [1.165, 1.54) is 35.4 Å². The molecule has 0 unspecified atom stereocenters. The predicted molar refractivity (Wildman–Crippen MR) is 144 cm³/mol. The van der Waals surface area contributed by atoms with E-state index < -0.39 is 11.6 Å². The summed E-state index contributed by atoms with van der Waals surface area (Å²) in [7, 11) is 0. The van der Waals surface area contributed by atoms with Crippen molar-refractivity contribution in [1.82, 2.24) is 4.90 Å². The lowest BCUT2D eigenvalue weighted by Crippen LogP contribution is -2.46. The molecule has 8 heteroatoms. The molecule has 186 valence electrons. The van der Waals surface area contributed by atoms with Gasteiger partial charge in [0.25, 0.3) is 0 Å². The molecule has 0 aromatic heterocycles. The summed E-state index contributed by atoms with van der Waals surface area (Å²) in [4.78, 5) is 27.7. The smallest absolute Gasteiger partial charge is 0.415 e. The molecule has 3 aromatic rings. The van der Waals surface area contributed by atoms with Gasteiger partial charge in [-0.3, -0.25) is 9.80 Å². The largest absolute Gasteiger partial charge is 0.478 e. The van der Waals surface area contributed by atoms with Gasteiger partial charge in [0.2, 0.25) is 0 Å². The SMILES string of the molecule is O=C(O)c1ccc(N2CC3(CCN(Cc4ccc(-c5ccc(F)cc5)c(CI)c4)CC3)OC2=O)cc1. The van der Waals surface area contributed by atoms with Crippen LogP contribution in [0.2, 0.25) is 0 Å². The average molecular weight is 600 g/mol. The van der Waals surface area contributed by atoms with Crippen LogP contribution < -0.4 is 4.90 Å². The van der Waals surface area contributed by atoms with Gasteiger partial charge in [0.05, 0.1) is 12.1 Å². The van der Waals surface area contributed by atoms with E-state index in [4.69, 9.17) is 9.84 Å². The van der Waals surface area contributed by atoms with Crippen molar-refractivity contribution in [3.63, 3.8) is 0 Å². The number of aromatic carboxylic acids is 1. The first-order chi connectivity index (χ1) is 17.4. The first kappa shape index (κ1) is 24.7. The predicted octanol–water partition coefficient (Wildman–Crippen LogP) is 6.12. The number of benzene rings is 3. The number of hydrogen-bond acceptors (Lipinski definition) is 4. The highest BCUT2D eigenvalue weighted by Crippen LogP contribution is 2.36. The number of carboxylic acid groups (broad SMARTS) is 1. The van der Waals surface area contributed by atoms with Crippen molar-refractivity contribution in [2.45, 2.75) is 29.4 Å². The summed E-state index contributed by atoms with van der Waals surface area (Å²) in [6, 6.07) is 19.4. The molecule has 36 heavy (non-hydrogen) atoms. The number of nitrogens with zero attached hydrogens (tertiary/aromatic N) is 2. The minimum absolute atomic E-state index is 0.186. The maximum absolute atomic E-state index is 13.3. The van der Waals surface area contributed by atoms with Gasteiger partial charge in [-0.2, -0.15) is 0 Å². The molecule has 6 nitrogen and oxygen atoms in total. The van der Waals surface area contributed by atoms with Gasteiger partial charge < -0.3 is 9.84 Å². The summed E-state index contributed by atoms with van der Waals surface area (Å²) in [5.74, 6) is -1.23. The molecule has 1 N–H and O–H groups in total. The maximum atomic E-state index is 13.3. The second-order valence-electron chi connectivity index (χ2n) is 9.40. The summed E-state index contributed by atoms with van der Waals surface area (Å²) in [6.07, 6.45) is 1.11. The summed E-state index contributed by atoms with van der Waals surface area (Å²) < 4.78 is 20.1. The van der Waals surface area contributed by atoms with Crippen LogP contribution >= 0.6 is 22.6 Å². The maximum Gasteiger partial charge on any atom is 0.415 e. The topological polar surface area (TPSA) is 70.1 Å². The van der Waals surface area contributed by atoms with E-state index in [0.29, 0.717) is 12.2 Å². The molecule has 0 radical (unpaired) electrons. The number of piperidine rings is 1. The summed E-state index contributed by atoms with van der Waals surface area (Å²) in [6.45, 7) is 2.92. The van der Waals surface area contributed by atoms with Crippen molar-refractivity contribution in [1.29, 1.82) is 0 Å². The molecule has 1 amide bonds. The van der Waals surface area contributed by atoms with Crippen LogP contribution in [0.25, 0.3) is 11.1 Å². The summed E-state index contributed by atoms with van der Waals surface area (Å²) in [5.41, 5.74) is 4.91. The Labute approximate surface area is 222 Å². The monoisotopic (exact) mass is 600 g/mol. The van der Waals surface area contributed by atoms with Crippen molar-refractivity contribution in [2.75, 3.05) is 24.5 Å². The quantitative estimate of drug-likeness (QED) is 0.273. The number of carbonyl (C=O) groups excluding carboxylic acids is 1. The van der Waals surface area contributed by atoms with Gasteiger partial charge in [0, 0.05) is 42.6 Å². The molecular weight excluding hydrogens is 574 g/mol. The number of carbonyl (C=O) groups is 2. The number of amides is 1. The van der Waals surface area contributed by atoms with E-state index in [9.17, 15) is 14.0 Å². The molecule has 0 aliphatic carbocycles. The Morgan fingerprint density at radius 3 is 2.36 bits per heavy atom. The van der Waals surface area contributed by atoms with Crippen LogP contribution in [0.15, 0.2) is 66.7 Å². The Kier molecular flexibility index (Phi) is 6.98. The zero-order chi connectivity index (χ0) is 25.3. The Hall–Kier alpha value is -2.98. The van der Waals surface area contributed by atoms with Gasteiger partial charge in [-0.1, -0.05) is 52.9 Å². The minimum atomic E-state index is -0.995. The average Bonchev–Trinajstić information content (AvgIpc) is 3.21. The highest BCUT2D eigenvalue weighted by molar-refractivity contribution is 14.1. The lowest BCUT2D eigenvalue weighted by atomic mass is 9.90. The van der Waals surface area contributed by atoms with Crippen molar-refractivity contribution in [2.24, 2.45) is 0 Å². The normalized spacial score (nSPS) is 17.4. The molecule has 3 aromatic carbocycles. The van der Waals surface area contributed by atoms with Gasteiger partial charge >= 0.3 is 12.1 Å². The van der Waals surface area contributed by atoms with Crippen LogP contribution in [0, 0.1) is 5.82 Å².